The monoisotopic (exact) mass is 405 g/mol. The largest absolute Gasteiger partial charge is 0.363 e. The number of nitrogens with zero attached hydrogens (tertiary/aromatic N) is 2. The maximum absolute atomic E-state index is 11.4. The summed E-state index contributed by atoms with van der Waals surface area (Å²) in [7, 11) is 0. The third-order valence-corrected chi connectivity index (χ3v) is 4.88. The molecule has 1 aromatic carbocycles. The molecule has 2 heterocycles. The summed E-state index contributed by atoms with van der Waals surface area (Å²) < 4.78 is 0.676. The molecule has 22 heavy (non-hydrogen) atoms. The van der Waals surface area contributed by atoms with Gasteiger partial charge in [-0.1, -0.05) is 12.9 Å². The van der Waals surface area contributed by atoms with Crippen LogP contribution in [0.25, 0.3) is 10.8 Å². The molecule has 0 unspecified atom stereocenters. The Balaban J connectivity index is 1.95. The number of fused-ring (bicyclic) bond motifs is 1. The fraction of sp³-hybridized carbons (Fsp3) is 0.250. The minimum Gasteiger partial charge on any atom is -0.363 e. The van der Waals surface area contributed by atoms with Gasteiger partial charge in [-0.25, -0.2) is 4.98 Å². The Labute approximate surface area is 143 Å². The lowest BCUT2D eigenvalue weighted by Crippen LogP contribution is -2.38. The van der Waals surface area contributed by atoms with Crippen LogP contribution in [-0.4, -0.2) is 28.4 Å². The van der Waals surface area contributed by atoms with E-state index in [2.05, 4.69) is 44.2 Å². The Bertz CT molecular complexity index is 722. The van der Waals surface area contributed by atoms with Crippen LogP contribution in [0.15, 0.2) is 43.1 Å². The van der Waals surface area contributed by atoms with Crippen LogP contribution in [0.5, 0.6) is 0 Å². The molecular weight excluding hydrogens is 388 g/mol. The summed E-state index contributed by atoms with van der Waals surface area (Å²) in [6.45, 7) is 4.53. The van der Waals surface area contributed by atoms with Gasteiger partial charge in [0.25, 0.3) is 0 Å². The van der Waals surface area contributed by atoms with E-state index >= 15 is 0 Å². The van der Waals surface area contributed by atoms with Crippen molar-refractivity contribution in [3.63, 3.8) is 0 Å². The van der Waals surface area contributed by atoms with Crippen molar-refractivity contribution in [2.75, 3.05) is 23.2 Å². The van der Waals surface area contributed by atoms with Gasteiger partial charge >= 0.3 is 0 Å². The fourth-order valence-corrected chi connectivity index (χ4v) is 3.72. The van der Waals surface area contributed by atoms with E-state index in [-0.39, 0.29) is 5.91 Å². The first-order valence-electron chi connectivity index (χ1n) is 7.38. The van der Waals surface area contributed by atoms with E-state index in [4.69, 9.17) is 0 Å². The molecule has 1 saturated heterocycles. The second-order valence-corrected chi connectivity index (χ2v) is 7.21. The molecule has 1 amide bonds. The molecule has 1 aliphatic rings. The lowest BCUT2D eigenvalue weighted by atomic mass is 9.70. The number of halogens is 1. The quantitative estimate of drug-likeness (QED) is 0.483. The van der Waals surface area contributed by atoms with Gasteiger partial charge in [-0.3, -0.25) is 4.79 Å². The number of carbonyl (C=O) groups excluding carboxylic acids is 1. The molecule has 112 valence electrons. The predicted octanol–water partition coefficient (Wildman–Crippen LogP) is 3.54. The lowest BCUT2D eigenvalue weighted by Gasteiger charge is -2.30. The molecule has 0 radical (unpaired) electrons. The van der Waals surface area contributed by atoms with Gasteiger partial charge in [0.15, 0.2) is 0 Å². The fourth-order valence-electron chi connectivity index (χ4n) is 2.80. The van der Waals surface area contributed by atoms with Gasteiger partial charge in [-0.15, -0.1) is 22.4 Å². The second-order valence-electron chi connectivity index (χ2n) is 5.45. The van der Waals surface area contributed by atoms with E-state index in [0.29, 0.717) is 4.57 Å². The first-order valence-corrected chi connectivity index (χ1v) is 8.63. The third-order valence-electron chi connectivity index (χ3n) is 3.86. The molecule has 0 bridgehead atoms. The summed E-state index contributed by atoms with van der Waals surface area (Å²) in [5.41, 5.74) is 0.778. The highest BCUT2D eigenvalue weighted by atomic mass is 127. The van der Waals surface area contributed by atoms with Crippen LogP contribution < -0.4 is 10.2 Å². The number of hydrogen-bond acceptors (Lipinski definition) is 3. The summed E-state index contributed by atoms with van der Waals surface area (Å²) in [4.78, 5) is 18.4. The maximum Gasteiger partial charge on any atom is 0.247 e. The van der Waals surface area contributed by atoms with Gasteiger partial charge in [0.1, 0.15) is 5.82 Å². The topological polar surface area (TPSA) is 45.2 Å². The molecule has 1 aliphatic heterocycles. The van der Waals surface area contributed by atoms with Crippen LogP contribution in [0.4, 0.5) is 11.5 Å². The van der Waals surface area contributed by atoms with Crippen molar-refractivity contribution in [1.82, 2.24) is 4.98 Å². The van der Waals surface area contributed by atoms with Gasteiger partial charge in [-0.05, 0) is 42.1 Å². The molecule has 3 rings (SSSR count). The van der Waals surface area contributed by atoms with Crippen LogP contribution in [0.1, 0.15) is 6.42 Å². The van der Waals surface area contributed by atoms with Crippen LogP contribution in [0.2, 0.25) is 6.32 Å². The molecule has 0 aliphatic carbocycles. The Morgan fingerprint density at radius 2 is 2.32 bits per heavy atom. The van der Waals surface area contributed by atoms with Crippen LogP contribution in [0.3, 0.4) is 0 Å². The molecule has 6 heteroatoms. The maximum atomic E-state index is 11.4. The Hall–Kier alpha value is -1.57. The summed E-state index contributed by atoms with van der Waals surface area (Å²) >= 11 is 2.52. The molecule has 1 aromatic heterocycles. The average molecular weight is 405 g/mol. The standard InChI is InChI=1S/C16H17BIN3O/c1-2-15(22)20-13-4-5-14-12(10-13)6-8-19-16(14)21-9-3-7-17(18)11-21/h2,4-6,8,10H,1,3,7,9,11H2,(H,20,22). The Kier molecular flexibility index (Phi) is 4.66. The summed E-state index contributed by atoms with van der Waals surface area (Å²) in [6.07, 6.45) is 6.64. The van der Waals surface area contributed by atoms with Gasteiger partial charge < -0.3 is 10.2 Å². The zero-order valence-corrected chi connectivity index (χ0v) is 14.4. The Morgan fingerprint density at radius 1 is 1.45 bits per heavy atom. The minimum absolute atomic E-state index is 0.197. The highest BCUT2D eigenvalue weighted by molar-refractivity contribution is 14.1. The summed E-state index contributed by atoms with van der Waals surface area (Å²) in [5.74, 6) is 0.845. The SMILES string of the molecule is C=CC(=O)Nc1ccc2c(N3CCCB(I)C3)nccc2c1. The van der Waals surface area contributed by atoms with Crippen molar-refractivity contribution in [1.29, 1.82) is 0 Å². The molecular formula is C16H17BIN3O. The highest BCUT2D eigenvalue weighted by Gasteiger charge is 2.22. The minimum atomic E-state index is -0.197. The van der Waals surface area contributed by atoms with Crippen molar-refractivity contribution < 1.29 is 4.79 Å². The summed E-state index contributed by atoms with van der Waals surface area (Å²) in [5, 5.41) is 5.01. The first kappa shape index (κ1) is 15.3. The zero-order valence-electron chi connectivity index (χ0n) is 12.3. The van der Waals surface area contributed by atoms with Gasteiger partial charge in [0.2, 0.25) is 10.5 Å². The normalized spacial score (nSPS) is 15.0. The second kappa shape index (κ2) is 6.68. The summed E-state index contributed by atoms with van der Waals surface area (Å²) in [6, 6.07) is 7.91. The van der Waals surface area contributed by atoms with Crippen LogP contribution in [-0.2, 0) is 4.79 Å². The van der Waals surface area contributed by atoms with E-state index in [1.165, 1.54) is 18.8 Å². The van der Waals surface area contributed by atoms with E-state index < -0.39 is 0 Å². The first-order chi connectivity index (χ1) is 10.7. The number of anilines is 2. The van der Waals surface area contributed by atoms with Gasteiger partial charge in [0, 0.05) is 30.3 Å². The molecule has 0 saturated carbocycles. The average Bonchev–Trinajstić information content (AvgIpc) is 2.54. The van der Waals surface area contributed by atoms with Crippen molar-refractivity contribution in [2.45, 2.75) is 12.7 Å². The number of carbonyl (C=O) groups is 1. The lowest BCUT2D eigenvalue weighted by molar-refractivity contribution is -0.111. The van der Waals surface area contributed by atoms with E-state index in [9.17, 15) is 4.79 Å². The molecule has 2 aromatic rings. The predicted molar refractivity (Wildman–Crippen MR) is 102 cm³/mol. The number of nitrogens with one attached hydrogen (secondary N) is 1. The zero-order chi connectivity index (χ0) is 15.5. The highest BCUT2D eigenvalue weighted by Crippen LogP contribution is 2.29. The van der Waals surface area contributed by atoms with Gasteiger partial charge in [0.05, 0.1) is 0 Å². The van der Waals surface area contributed by atoms with Gasteiger partial charge in [-0.2, -0.15) is 0 Å². The van der Waals surface area contributed by atoms with Crippen molar-refractivity contribution in [3.05, 3.63) is 43.1 Å². The smallest absolute Gasteiger partial charge is 0.247 e. The van der Waals surface area contributed by atoms with Crippen LogP contribution >= 0.6 is 22.4 Å². The molecule has 4 nitrogen and oxygen atoms in total. The van der Waals surface area contributed by atoms with Crippen molar-refractivity contribution in [3.8, 4) is 0 Å². The molecule has 0 spiro atoms. The van der Waals surface area contributed by atoms with Crippen LogP contribution in [0, 0.1) is 0 Å². The third kappa shape index (κ3) is 3.26. The number of pyridine rings is 1. The molecule has 1 fully saturated rings. The molecule has 1 N–H and O–H groups in total. The number of hydrogen-bond donors (Lipinski definition) is 1. The number of aromatic nitrogens is 1. The number of amides is 1. The Morgan fingerprint density at radius 3 is 3.09 bits per heavy atom. The number of rotatable bonds is 3. The molecule has 0 atom stereocenters. The van der Waals surface area contributed by atoms with E-state index in [0.717, 1.165) is 35.3 Å². The van der Waals surface area contributed by atoms with E-state index in [1.54, 1.807) is 0 Å². The van der Waals surface area contributed by atoms with Crippen molar-refractivity contribution in [2.24, 2.45) is 0 Å². The number of benzene rings is 1. The van der Waals surface area contributed by atoms with E-state index in [1.807, 2.05) is 30.5 Å². The van der Waals surface area contributed by atoms with Crippen molar-refractivity contribution >= 4 is 55.1 Å².